The van der Waals surface area contributed by atoms with Crippen molar-refractivity contribution in [2.24, 2.45) is 5.92 Å². The first-order valence-corrected chi connectivity index (χ1v) is 11.3. The maximum atomic E-state index is 12.6. The Morgan fingerprint density at radius 3 is 2.86 bits per heavy atom. The predicted octanol–water partition coefficient (Wildman–Crippen LogP) is 3.59. The van der Waals surface area contributed by atoms with Crippen molar-refractivity contribution in [1.82, 2.24) is 15.2 Å². The van der Waals surface area contributed by atoms with Gasteiger partial charge in [-0.05, 0) is 49.9 Å². The number of carbonyl (C=O) groups excluding carboxylic acids is 1. The minimum Gasteiger partial charge on any atom is -0.487 e. The average Bonchev–Trinajstić information content (AvgIpc) is 3.25. The van der Waals surface area contributed by atoms with Gasteiger partial charge in [0, 0.05) is 49.8 Å². The Kier molecular flexibility index (Phi) is 8.46. The molecule has 0 bridgehead atoms. The Morgan fingerprint density at radius 1 is 1.34 bits per heavy atom. The summed E-state index contributed by atoms with van der Waals surface area (Å²) in [7, 11) is 0. The molecule has 0 radical (unpaired) electrons. The third-order valence-corrected chi connectivity index (χ3v) is 5.90. The Morgan fingerprint density at radius 2 is 2.17 bits per heavy atom. The smallest absolute Gasteiger partial charge is 0.251 e. The van der Waals surface area contributed by atoms with Crippen LogP contribution in [0.2, 0.25) is 0 Å². The Hall–Kier alpha value is -1.96. The minimum atomic E-state index is -0.0160. The van der Waals surface area contributed by atoms with Crippen molar-refractivity contribution in [2.75, 3.05) is 32.8 Å². The average molecular weight is 418 g/mol. The highest BCUT2D eigenvalue weighted by Gasteiger charge is 2.27. The number of rotatable bonds is 10. The van der Waals surface area contributed by atoms with E-state index in [4.69, 9.17) is 9.47 Å². The van der Waals surface area contributed by atoms with Crippen LogP contribution < -0.4 is 10.1 Å². The zero-order valence-electron chi connectivity index (χ0n) is 17.3. The predicted molar refractivity (Wildman–Crippen MR) is 115 cm³/mol. The number of hydrogen-bond acceptors (Lipinski definition) is 6. The third-order valence-electron chi connectivity index (χ3n) is 5.26. The molecule has 0 spiro atoms. The number of aromatic nitrogens is 1. The van der Waals surface area contributed by atoms with Gasteiger partial charge in [0.1, 0.15) is 12.4 Å². The van der Waals surface area contributed by atoms with Gasteiger partial charge in [-0.1, -0.05) is 6.92 Å². The van der Waals surface area contributed by atoms with Crippen LogP contribution in [0.3, 0.4) is 0 Å². The molecule has 2 atom stereocenters. The van der Waals surface area contributed by atoms with Crippen LogP contribution in [-0.2, 0) is 11.3 Å². The zero-order chi connectivity index (χ0) is 20.5. The number of thiazole rings is 1. The summed E-state index contributed by atoms with van der Waals surface area (Å²) in [4.78, 5) is 19.3. The monoisotopic (exact) mass is 417 g/mol. The van der Waals surface area contributed by atoms with Crippen molar-refractivity contribution in [2.45, 2.75) is 39.3 Å². The molecule has 2 unspecified atom stereocenters. The lowest BCUT2D eigenvalue weighted by Crippen LogP contribution is -2.50. The number of piperidine rings is 1. The van der Waals surface area contributed by atoms with Crippen LogP contribution in [0.25, 0.3) is 0 Å². The molecule has 29 heavy (non-hydrogen) atoms. The molecule has 158 valence electrons. The SMILES string of the molecule is CCOCCCN1CCC(NC(=O)c2ccc(OCc3cscn3)cc2)C(C)C1. The van der Waals surface area contributed by atoms with Gasteiger partial charge in [0.05, 0.1) is 11.2 Å². The highest BCUT2D eigenvalue weighted by Crippen LogP contribution is 2.19. The van der Waals surface area contributed by atoms with Crippen molar-refractivity contribution < 1.29 is 14.3 Å². The molecule has 1 aromatic carbocycles. The molecular weight excluding hydrogens is 386 g/mol. The van der Waals surface area contributed by atoms with E-state index in [1.165, 1.54) is 0 Å². The summed E-state index contributed by atoms with van der Waals surface area (Å²) in [5.41, 5.74) is 3.37. The van der Waals surface area contributed by atoms with Crippen LogP contribution in [0.4, 0.5) is 0 Å². The lowest BCUT2D eigenvalue weighted by atomic mass is 9.93. The van der Waals surface area contributed by atoms with E-state index in [2.05, 4.69) is 22.1 Å². The van der Waals surface area contributed by atoms with E-state index in [9.17, 15) is 4.79 Å². The van der Waals surface area contributed by atoms with Gasteiger partial charge in [-0.2, -0.15) is 0 Å². The number of ether oxygens (including phenoxy) is 2. The van der Waals surface area contributed by atoms with E-state index < -0.39 is 0 Å². The van der Waals surface area contributed by atoms with Gasteiger partial charge in [-0.25, -0.2) is 4.98 Å². The molecule has 2 aromatic rings. The van der Waals surface area contributed by atoms with E-state index >= 15 is 0 Å². The number of amides is 1. The second-order valence-corrected chi connectivity index (χ2v) is 8.21. The van der Waals surface area contributed by atoms with Crippen LogP contribution in [-0.4, -0.2) is 54.7 Å². The van der Waals surface area contributed by atoms with Crippen molar-refractivity contribution >= 4 is 17.2 Å². The molecule has 1 amide bonds. The van der Waals surface area contributed by atoms with Gasteiger partial charge in [0.15, 0.2) is 0 Å². The summed E-state index contributed by atoms with van der Waals surface area (Å²) < 4.78 is 11.1. The lowest BCUT2D eigenvalue weighted by molar-refractivity contribution is 0.0843. The highest BCUT2D eigenvalue weighted by atomic mass is 32.1. The molecule has 0 aliphatic carbocycles. The van der Waals surface area contributed by atoms with Crippen LogP contribution >= 0.6 is 11.3 Å². The van der Waals surface area contributed by atoms with Crippen LogP contribution in [0.5, 0.6) is 5.75 Å². The first kappa shape index (κ1) is 21.7. The topological polar surface area (TPSA) is 63.7 Å². The Labute approximate surface area is 177 Å². The fraction of sp³-hybridized carbons (Fsp3) is 0.545. The number of hydrogen-bond donors (Lipinski definition) is 1. The first-order chi connectivity index (χ1) is 14.2. The fourth-order valence-corrected chi connectivity index (χ4v) is 4.15. The standard InChI is InChI=1S/C22H31N3O3S/c1-3-27-12-4-10-25-11-9-21(17(2)13-25)24-22(26)18-5-7-20(8-6-18)28-14-19-15-29-16-23-19/h5-8,15-17,21H,3-4,9-14H2,1-2H3,(H,24,26). The zero-order valence-corrected chi connectivity index (χ0v) is 18.1. The van der Waals surface area contributed by atoms with Crippen LogP contribution in [0, 0.1) is 5.92 Å². The van der Waals surface area contributed by atoms with E-state index in [0.29, 0.717) is 18.1 Å². The molecule has 6 nitrogen and oxygen atoms in total. The van der Waals surface area contributed by atoms with Gasteiger partial charge in [-0.15, -0.1) is 11.3 Å². The number of carbonyl (C=O) groups is 1. The van der Waals surface area contributed by atoms with Crippen molar-refractivity contribution in [3.05, 3.63) is 46.4 Å². The van der Waals surface area contributed by atoms with Gasteiger partial charge >= 0.3 is 0 Å². The minimum absolute atomic E-state index is 0.0160. The summed E-state index contributed by atoms with van der Waals surface area (Å²) in [6, 6.07) is 7.53. The molecule has 7 heteroatoms. The summed E-state index contributed by atoms with van der Waals surface area (Å²) in [6.07, 6.45) is 2.05. The van der Waals surface area contributed by atoms with Gasteiger partial charge < -0.3 is 19.7 Å². The number of benzene rings is 1. The van der Waals surface area contributed by atoms with Crippen LogP contribution in [0.1, 0.15) is 42.7 Å². The molecule has 1 fully saturated rings. The number of nitrogens with one attached hydrogen (secondary N) is 1. The summed E-state index contributed by atoms with van der Waals surface area (Å²) in [5.74, 6) is 1.15. The van der Waals surface area contributed by atoms with Gasteiger partial charge in [0.25, 0.3) is 5.91 Å². The van der Waals surface area contributed by atoms with Gasteiger partial charge in [-0.3, -0.25) is 4.79 Å². The molecule has 3 rings (SSSR count). The molecule has 1 aliphatic heterocycles. The quantitative estimate of drug-likeness (QED) is 0.599. The normalized spacial score (nSPS) is 19.8. The molecule has 1 aromatic heterocycles. The lowest BCUT2D eigenvalue weighted by Gasteiger charge is -2.37. The molecule has 1 N–H and O–H groups in total. The molecule has 1 saturated heterocycles. The number of likely N-dealkylation sites (tertiary alicyclic amines) is 1. The van der Waals surface area contributed by atoms with E-state index in [0.717, 1.165) is 57.1 Å². The second-order valence-electron chi connectivity index (χ2n) is 7.49. The van der Waals surface area contributed by atoms with E-state index in [1.807, 2.05) is 36.6 Å². The van der Waals surface area contributed by atoms with E-state index in [-0.39, 0.29) is 11.9 Å². The first-order valence-electron chi connectivity index (χ1n) is 10.4. The molecular formula is C22H31N3O3S. The largest absolute Gasteiger partial charge is 0.487 e. The molecule has 2 heterocycles. The Bertz CT molecular complexity index is 736. The number of nitrogens with zero attached hydrogens (tertiary/aromatic N) is 2. The van der Waals surface area contributed by atoms with Crippen molar-refractivity contribution in [3.63, 3.8) is 0 Å². The van der Waals surface area contributed by atoms with Gasteiger partial charge in [0.2, 0.25) is 0 Å². The summed E-state index contributed by atoms with van der Waals surface area (Å²) >= 11 is 1.55. The Balaban J connectivity index is 1.42. The maximum absolute atomic E-state index is 12.6. The molecule has 0 saturated carbocycles. The van der Waals surface area contributed by atoms with Crippen molar-refractivity contribution in [3.8, 4) is 5.75 Å². The fourth-order valence-electron chi connectivity index (χ4n) is 3.60. The molecule has 1 aliphatic rings. The third kappa shape index (κ3) is 6.80. The summed E-state index contributed by atoms with van der Waals surface area (Å²) in [6.45, 7) is 9.39. The van der Waals surface area contributed by atoms with Crippen molar-refractivity contribution in [1.29, 1.82) is 0 Å². The van der Waals surface area contributed by atoms with E-state index in [1.54, 1.807) is 16.8 Å². The maximum Gasteiger partial charge on any atom is 0.251 e. The van der Waals surface area contributed by atoms with Crippen LogP contribution in [0.15, 0.2) is 35.2 Å². The summed E-state index contributed by atoms with van der Waals surface area (Å²) in [5, 5.41) is 5.18. The second kappa shape index (κ2) is 11.3. The highest BCUT2D eigenvalue weighted by molar-refractivity contribution is 7.07.